The van der Waals surface area contributed by atoms with E-state index in [-0.39, 0.29) is 117 Å². The Morgan fingerprint density at radius 1 is 0.292 bits per heavy atom. The number of urea groups is 4. The van der Waals surface area contributed by atoms with E-state index in [0.717, 1.165) is 140 Å². The van der Waals surface area contributed by atoms with Crippen LogP contribution in [0.3, 0.4) is 0 Å². The van der Waals surface area contributed by atoms with Gasteiger partial charge in [-0.3, -0.25) is 19.4 Å². The van der Waals surface area contributed by atoms with Crippen LogP contribution in [0.25, 0.3) is 0 Å². The zero-order chi connectivity index (χ0) is 99.7. The lowest BCUT2D eigenvalue weighted by molar-refractivity contribution is -0.316. The average Bonchev–Trinajstić information content (AvgIpc) is 0.768. The molecule has 8 amide bonds. The van der Waals surface area contributed by atoms with Crippen molar-refractivity contribution in [3.63, 3.8) is 0 Å². The van der Waals surface area contributed by atoms with Crippen molar-refractivity contribution < 1.29 is 38.5 Å². The van der Waals surface area contributed by atoms with Gasteiger partial charge < -0.3 is 42.5 Å². The second-order valence-electron chi connectivity index (χ2n) is 43.3. The van der Waals surface area contributed by atoms with Crippen molar-refractivity contribution in [2.45, 2.75) is 489 Å². The first-order chi connectivity index (χ1) is 65.5. The van der Waals surface area contributed by atoms with Gasteiger partial charge in [0.2, 0.25) is 0 Å². The number of benzene rings is 6. The lowest BCUT2D eigenvalue weighted by Gasteiger charge is -2.57. The predicted octanol–water partition coefficient (Wildman–Crippen LogP) is 30.1. The number of unbranched alkanes of at least 4 members (excludes halogenated alkanes) is 15. The topological polar surface area (TPSA) is 214 Å². The van der Waals surface area contributed by atoms with Crippen LogP contribution in [-0.2, 0) is 19.4 Å². The molecule has 4 saturated heterocycles. The Bertz CT molecular complexity index is 4350. The summed E-state index contributed by atoms with van der Waals surface area (Å²) >= 11 is 0. The predicted molar refractivity (Wildman–Crippen MR) is 569 cm³/mol. The molecule has 8 atom stereocenters. The molecule has 764 valence electrons. The highest BCUT2D eigenvalue weighted by Crippen LogP contribution is 2.50. The molecule has 20 heteroatoms. The number of piperidine rings is 4. The second-order valence-corrected chi connectivity index (χ2v) is 43.3. The Balaban J connectivity index is 0.000000226. The van der Waals surface area contributed by atoms with Crippen LogP contribution in [0.1, 0.15) is 435 Å². The van der Waals surface area contributed by atoms with E-state index in [1.807, 2.05) is 85.8 Å². The molecular formula is C117H188N12O8. The van der Waals surface area contributed by atoms with E-state index in [4.69, 9.17) is 19.4 Å². The molecular weight excluding hydrogens is 1700 g/mol. The highest BCUT2D eigenvalue weighted by molar-refractivity contribution is 5.90. The van der Waals surface area contributed by atoms with Gasteiger partial charge in [-0.15, -0.1) is 0 Å². The second kappa shape index (κ2) is 56.7. The Kier molecular flexibility index (Phi) is 47.3. The summed E-state index contributed by atoms with van der Waals surface area (Å²) in [4.78, 5) is 77.7. The number of para-hydroxylation sites is 1. The molecule has 6 aromatic carbocycles. The zero-order valence-corrected chi connectivity index (χ0v) is 89.4. The number of carbonyl (C=O) groups is 4. The van der Waals surface area contributed by atoms with Crippen LogP contribution in [0.15, 0.2) is 176 Å². The smallest absolute Gasteiger partial charge is 0.319 e. The van der Waals surface area contributed by atoms with Crippen LogP contribution in [0.5, 0.6) is 0 Å². The summed E-state index contributed by atoms with van der Waals surface area (Å²) in [5.74, 6) is 0. The van der Waals surface area contributed by atoms with Gasteiger partial charge in [-0.2, -0.15) is 20.3 Å². The normalized spacial score (nSPS) is 21.3. The molecule has 4 aliphatic heterocycles. The van der Waals surface area contributed by atoms with Crippen molar-refractivity contribution in [3.05, 3.63) is 204 Å². The third-order valence-electron chi connectivity index (χ3n) is 30.7. The standard InChI is InChI=1S/C38H69N3O2.C27H39N3O2.C26H43N3O2.C26H37N3O2/c1-7-10-11-12-13-14-15-16-17-18-19-20-21-22-23-27-30-39-36(42)40-35-31-37(5,6)41(38(8-2,9-3)32-35)43-33(4)34-28-25-24-26-29-34;1-7-27(8-2)19-24(29-25(31)28-23-16-14-20(3)15-17-23)18-26(5,6)30(27)32-21(4)22-12-10-9-11-13-22;2*1-6-26(7-2)19-23(28-24(30)27-22-16-12-9-13-17-22)18-25(4,5)29(26)31-20(3)21-14-10-8-11-15-21/h24-26,28-29,33,35H,7-23,27,30-32H2,1-6H3,(H2,39,40,42);9-17,21,24H,7-8,18-19H2,1-6H3,(H2,28,29,31);8,10-11,14-15,20,22-23H,6-7,9,12-13,16-19H2,1-5H3,(H2,27,28,30);8-17,20,23H,6-7,18-19H2,1-5H3,(H2,27,28,30). The lowest BCUT2D eigenvalue weighted by Crippen LogP contribution is -2.66. The molecule has 1 aliphatic carbocycles. The SMILES string of the molecule is CCC1(CC)CC(NC(=O)NC2CCCCC2)CC(C)(C)N1OC(C)c1ccccc1.CCC1(CC)CC(NC(=O)Nc2ccc(C)cc2)CC(C)(C)N1OC(C)c1ccccc1.CCC1(CC)CC(NC(=O)Nc2ccccc2)CC(C)(C)N1OC(C)c1ccccc1.CCCCCCCCCCCCCCCCCCNC(=O)NC1CC(C)(C)N(OC(C)c2ccccc2)C(CC)(CC)C1. The monoisotopic (exact) mass is 1890 g/mol. The van der Waals surface area contributed by atoms with Crippen molar-refractivity contribution in [3.8, 4) is 0 Å². The van der Waals surface area contributed by atoms with E-state index in [1.165, 1.54) is 143 Å². The lowest BCUT2D eigenvalue weighted by atomic mass is 9.74. The Morgan fingerprint density at radius 3 is 0.810 bits per heavy atom. The van der Waals surface area contributed by atoms with Gasteiger partial charge >= 0.3 is 24.1 Å². The van der Waals surface area contributed by atoms with Gasteiger partial charge in [0, 0.05) is 92.4 Å². The van der Waals surface area contributed by atoms with Gasteiger partial charge in [0.1, 0.15) is 24.4 Å². The highest BCUT2D eigenvalue weighted by atomic mass is 16.7. The first-order valence-corrected chi connectivity index (χ1v) is 54.0. The molecule has 0 radical (unpaired) electrons. The third-order valence-corrected chi connectivity index (χ3v) is 30.7. The molecule has 8 N–H and O–H groups in total. The van der Waals surface area contributed by atoms with Crippen LogP contribution in [0, 0.1) is 6.92 Å². The maximum atomic E-state index is 12.8. The van der Waals surface area contributed by atoms with Gasteiger partial charge in [0.05, 0.1) is 0 Å². The van der Waals surface area contributed by atoms with Crippen LogP contribution in [0.2, 0.25) is 0 Å². The summed E-state index contributed by atoms with van der Waals surface area (Å²) in [5.41, 5.74) is 6.15. The van der Waals surface area contributed by atoms with Gasteiger partial charge in [-0.05, 0) is 259 Å². The fraction of sp³-hybridized carbons (Fsp3) is 0.658. The van der Waals surface area contributed by atoms with Crippen molar-refractivity contribution in [1.29, 1.82) is 0 Å². The molecule has 20 nitrogen and oxygen atoms in total. The first kappa shape index (κ1) is 114. The van der Waals surface area contributed by atoms with Crippen molar-refractivity contribution >= 4 is 35.5 Å². The molecule has 0 aromatic heterocycles. The maximum Gasteiger partial charge on any atom is 0.319 e. The van der Waals surface area contributed by atoms with E-state index < -0.39 is 0 Å². The number of anilines is 2. The molecule has 1 saturated carbocycles. The summed E-state index contributed by atoms with van der Waals surface area (Å²) in [5, 5.41) is 34.4. The zero-order valence-electron chi connectivity index (χ0n) is 89.4. The molecule has 6 aromatic rings. The number of hydrogen-bond acceptors (Lipinski definition) is 12. The number of hydroxylamine groups is 8. The van der Waals surface area contributed by atoms with E-state index in [9.17, 15) is 19.2 Å². The number of amides is 8. The van der Waals surface area contributed by atoms with Gasteiger partial charge in [-0.25, -0.2) is 19.2 Å². The minimum atomic E-state index is -0.227. The molecule has 0 bridgehead atoms. The van der Waals surface area contributed by atoms with Crippen molar-refractivity contribution in [2.24, 2.45) is 0 Å². The van der Waals surface area contributed by atoms with Crippen molar-refractivity contribution in [1.82, 2.24) is 52.2 Å². The number of hydrogen-bond donors (Lipinski definition) is 8. The summed E-state index contributed by atoms with van der Waals surface area (Å²) in [7, 11) is 0. The van der Waals surface area contributed by atoms with Gasteiger partial charge in [0.25, 0.3) is 0 Å². The largest absolute Gasteiger partial charge is 0.338 e. The quantitative estimate of drug-likeness (QED) is 0.0168. The van der Waals surface area contributed by atoms with Crippen LogP contribution in [-0.4, -0.2) is 125 Å². The highest BCUT2D eigenvalue weighted by Gasteiger charge is 2.55. The fourth-order valence-corrected chi connectivity index (χ4v) is 22.9. The number of nitrogens with zero attached hydrogens (tertiary/aromatic N) is 4. The molecule has 11 rings (SSSR count). The molecule has 4 heterocycles. The van der Waals surface area contributed by atoms with E-state index >= 15 is 0 Å². The minimum absolute atomic E-state index is 0.000767. The van der Waals surface area contributed by atoms with Crippen LogP contribution < -0.4 is 42.5 Å². The number of aryl methyl sites for hydroxylation is 1. The maximum absolute atomic E-state index is 12.8. The van der Waals surface area contributed by atoms with E-state index in [2.05, 4.69) is 305 Å². The summed E-state index contributed by atoms with van der Waals surface area (Å²) in [6.07, 6.45) is 42.3. The number of rotatable bonds is 44. The van der Waals surface area contributed by atoms with E-state index in [0.29, 0.717) is 6.04 Å². The molecule has 5 aliphatic rings. The number of carbonyl (C=O) groups excluding carboxylic acids is 4. The van der Waals surface area contributed by atoms with Gasteiger partial charge in [0.15, 0.2) is 0 Å². The van der Waals surface area contributed by atoms with Crippen LogP contribution in [0.4, 0.5) is 30.6 Å². The summed E-state index contributed by atoms with van der Waals surface area (Å²) in [6, 6.07) is 59.5. The van der Waals surface area contributed by atoms with E-state index in [1.54, 1.807) is 0 Å². The van der Waals surface area contributed by atoms with Crippen LogP contribution >= 0.6 is 0 Å². The molecule has 5 fully saturated rings. The number of nitrogens with one attached hydrogen (secondary N) is 8. The van der Waals surface area contributed by atoms with Crippen molar-refractivity contribution in [2.75, 3.05) is 17.2 Å². The third kappa shape index (κ3) is 35.0. The summed E-state index contributed by atoms with van der Waals surface area (Å²) < 4.78 is 0. The Labute approximate surface area is 831 Å². The molecule has 8 unspecified atom stereocenters. The fourth-order valence-electron chi connectivity index (χ4n) is 22.9. The summed E-state index contributed by atoms with van der Waals surface area (Å²) in [6.45, 7) is 49.3. The first-order valence-electron chi connectivity index (χ1n) is 54.0. The Morgan fingerprint density at radius 2 is 0.533 bits per heavy atom. The Hall–Kier alpha value is -7.92. The molecule has 137 heavy (non-hydrogen) atoms. The molecule has 0 spiro atoms. The average molecular weight is 1890 g/mol. The minimum Gasteiger partial charge on any atom is -0.338 e. The van der Waals surface area contributed by atoms with Gasteiger partial charge in [-0.1, -0.05) is 335 Å².